The maximum Gasteiger partial charge on any atom is 0.324 e. The largest absolute Gasteiger partial charge is 0.324 e. The number of hydrogen-bond acceptors (Lipinski definition) is 3. The van der Waals surface area contributed by atoms with Crippen molar-refractivity contribution in [3.05, 3.63) is 89.8 Å². The predicted molar refractivity (Wildman–Crippen MR) is 105 cm³/mol. The Morgan fingerprint density at radius 2 is 1.15 bits per heavy atom. The van der Waals surface area contributed by atoms with Crippen LogP contribution in [0.15, 0.2) is 84.9 Å². The highest BCUT2D eigenvalue weighted by Gasteiger charge is 2.21. The van der Waals surface area contributed by atoms with Crippen LogP contribution in [0, 0.1) is 4.91 Å². The smallest absolute Gasteiger partial charge is 0.291 e. The fourth-order valence-electron chi connectivity index (χ4n) is 3.45. The molecule has 0 bridgehead atoms. The van der Waals surface area contributed by atoms with Gasteiger partial charge in [-0.25, -0.2) is 5.21 Å². The lowest BCUT2D eigenvalue weighted by Crippen LogP contribution is -1.96. The second kappa shape index (κ2) is 6.90. The van der Waals surface area contributed by atoms with Gasteiger partial charge in [-0.2, -0.15) is 0 Å². The fourth-order valence-corrected chi connectivity index (χ4v) is 3.45. The number of nitrogens with one attached hydrogen (secondary N) is 1. The zero-order valence-electron chi connectivity index (χ0n) is 14.3. The van der Waals surface area contributed by atoms with Gasteiger partial charge in [-0.15, -0.1) is 0 Å². The van der Waals surface area contributed by atoms with Crippen molar-refractivity contribution in [2.75, 3.05) is 5.48 Å². The maximum atomic E-state index is 11.6. The van der Waals surface area contributed by atoms with E-state index in [9.17, 15) is 15.3 Å². The Morgan fingerprint density at radius 1 is 0.630 bits per heavy atom. The first-order valence-corrected chi connectivity index (χ1v) is 8.47. The van der Waals surface area contributed by atoms with Crippen molar-refractivity contribution in [2.45, 2.75) is 0 Å². The molecule has 0 heterocycles. The van der Waals surface area contributed by atoms with Crippen LogP contribution in [-0.2, 0) is 0 Å². The van der Waals surface area contributed by atoms with E-state index in [1.807, 2.05) is 60.7 Å². The number of hydrogen-bond donors (Lipinski definition) is 3. The summed E-state index contributed by atoms with van der Waals surface area (Å²) >= 11 is 0. The molecule has 132 valence electrons. The summed E-state index contributed by atoms with van der Waals surface area (Å²) in [6.45, 7) is 0. The van der Waals surface area contributed by atoms with E-state index in [2.05, 4.69) is 5.48 Å². The molecule has 0 spiro atoms. The minimum absolute atomic E-state index is 0.108. The zero-order chi connectivity index (χ0) is 18.8. The van der Waals surface area contributed by atoms with E-state index in [0.29, 0.717) is 11.3 Å². The number of nitrogens with zero attached hydrogens (tertiary/aromatic N) is 1. The Labute approximate surface area is 155 Å². The van der Waals surface area contributed by atoms with Gasteiger partial charge in [0.25, 0.3) is 4.92 Å². The van der Waals surface area contributed by atoms with Crippen molar-refractivity contribution in [3.8, 4) is 22.3 Å². The second-order valence-corrected chi connectivity index (χ2v) is 6.15. The molecule has 27 heavy (non-hydrogen) atoms. The van der Waals surface area contributed by atoms with Crippen molar-refractivity contribution in [1.82, 2.24) is 0 Å². The molecule has 0 radical (unpaired) electrons. The molecule has 4 rings (SSSR count). The maximum absolute atomic E-state index is 11.6. The van der Waals surface area contributed by atoms with Gasteiger partial charge in [-0.3, -0.25) is 10.7 Å². The molecule has 0 aliphatic rings. The molecule has 0 fully saturated rings. The van der Waals surface area contributed by atoms with Gasteiger partial charge in [0.15, 0.2) is 0 Å². The van der Waals surface area contributed by atoms with Gasteiger partial charge in [0.2, 0.25) is 0 Å². The molecule has 0 saturated carbocycles. The third-order valence-electron chi connectivity index (χ3n) is 4.66. The van der Waals surface area contributed by atoms with E-state index in [1.54, 1.807) is 24.3 Å². The van der Waals surface area contributed by atoms with Crippen molar-refractivity contribution >= 4 is 22.1 Å². The van der Waals surface area contributed by atoms with Crippen LogP contribution in [0.1, 0.15) is 0 Å². The lowest BCUT2D eigenvalue weighted by molar-refractivity contribution is -0.729. The highest BCUT2D eigenvalue weighted by Crippen LogP contribution is 2.40. The summed E-state index contributed by atoms with van der Waals surface area (Å²) in [7, 11) is 0. The summed E-state index contributed by atoms with van der Waals surface area (Å²) in [6.07, 6.45) is 0. The Morgan fingerprint density at radius 3 is 1.78 bits per heavy atom. The van der Waals surface area contributed by atoms with Crippen LogP contribution >= 0.6 is 0 Å². The molecule has 3 N–H and O–H groups in total. The molecule has 0 amide bonds. The van der Waals surface area contributed by atoms with Crippen molar-refractivity contribution in [3.63, 3.8) is 0 Å². The standard InChI is InChI=1S/C22H17N2O3/c25-23-21-11-5-3-9-19(21)17-13-14-18(16-8-2-1-7-15(16)17)20-10-4-6-12-22(20)24(26)27/h1-14,23,25H,(H,26,27)/q+1. The molecule has 0 aromatic heterocycles. The zero-order valence-corrected chi connectivity index (χ0v) is 14.3. The summed E-state index contributed by atoms with van der Waals surface area (Å²) in [4.78, 5) is 11.5. The van der Waals surface area contributed by atoms with E-state index in [4.69, 9.17) is 0 Å². The number of anilines is 1. The van der Waals surface area contributed by atoms with Gasteiger partial charge in [-0.05, 0) is 34.0 Å². The number of benzene rings is 4. The van der Waals surface area contributed by atoms with Gasteiger partial charge in [0, 0.05) is 11.6 Å². The van der Waals surface area contributed by atoms with E-state index < -0.39 is 0 Å². The highest BCUT2D eigenvalue weighted by molar-refractivity contribution is 6.07. The van der Waals surface area contributed by atoms with E-state index in [1.165, 1.54) is 0 Å². The third-order valence-corrected chi connectivity index (χ3v) is 4.66. The monoisotopic (exact) mass is 357 g/mol. The Balaban J connectivity index is 2.02. The third kappa shape index (κ3) is 2.90. The Kier molecular flexibility index (Phi) is 4.28. The minimum Gasteiger partial charge on any atom is -0.291 e. The molecule has 0 atom stereocenters. The average Bonchev–Trinajstić information content (AvgIpc) is 2.73. The van der Waals surface area contributed by atoms with Crippen molar-refractivity contribution in [1.29, 1.82) is 0 Å². The van der Waals surface area contributed by atoms with E-state index in [0.717, 1.165) is 27.5 Å². The molecule has 5 nitrogen and oxygen atoms in total. The highest BCUT2D eigenvalue weighted by atomic mass is 16.6. The van der Waals surface area contributed by atoms with Crippen LogP contribution in [0.4, 0.5) is 11.4 Å². The lowest BCUT2D eigenvalue weighted by atomic mass is 9.91. The fraction of sp³-hybridized carbons (Fsp3) is 0. The summed E-state index contributed by atoms with van der Waals surface area (Å²) in [5.74, 6) is 0. The number of para-hydroxylation sites is 2. The van der Waals surface area contributed by atoms with Gasteiger partial charge in [0.05, 0.1) is 16.2 Å². The Bertz CT molecular complexity index is 1160. The minimum atomic E-state index is -0.108. The summed E-state index contributed by atoms with van der Waals surface area (Å²) in [5.41, 5.74) is 6.35. The second-order valence-electron chi connectivity index (χ2n) is 6.15. The molecular weight excluding hydrogens is 340 g/mol. The summed E-state index contributed by atoms with van der Waals surface area (Å²) in [6, 6.07) is 26.2. The average molecular weight is 357 g/mol. The van der Waals surface area contributed by atoms with Crippen LogP contribution in [0.3, 0.4) is 0 Å². The SMILES string of the molecule is O=[N+](O)c1ccccc1-c1ccc(-c2ccccc2NO)c2ccccc12. The van der Waals surface area contributed by atoms with Crippen LogP contribution in [0.2, 0.25) is 0 Å². The number of rotatable bonds is 4. The molecule has 5 heteroatoms. The first kappa shape index (κ1) is 16.8. The molecule has 4 aromatic rings. The van der Waals surface area contributed by atoms with Gasteiger partial charge < -0.3 is 0 Å². The molecule has 0 saturated heterocycles. The van der Waals surface area contributed by atoms with Gasteiger partial charge >= 0.3 is 5.69 Å². The Hall–Kier alpha value is -3.70. The molecule has 0 aliphatic carbocycles. The summed E-state index contributed by atoms with van der Waals surface area (Å²) < 4.78 is 0. The first-order chi connectivity index (χ1) is 13.2. The molecular formula is C22H17N2O3+. The quantitative estimate of drug-likeness (QED) is 0.405. The molecule has 0 aliphatic heterocycles. The van der Waals surface area contributed by atoms with Crippen LogP contribution in [0.5, 0.6) is 0 Å². The topological polar surface area (TPSA) is 72.6 Å². The van der Waals surface area contributed by atoms with Crippen molar-refractivity contribution in [2.24, 2.45) is 0 Å². The van der Waals surface area contributed by atoms with Crippen LogP contribution in [-0.4, -0.2) is 15.3 Å². The first-order valence-electron chi connectivity index (χ1n) is 8.47. The normalized spacial score (nSPS) is 10.7. The predicted octanol–water partition coefficient (Wildman–Crippen LogP) is 5.77. The van der Waals surface area contributed by atoms with Crippen molar-refractivity contribution < 1.29 is 15.3 Å². The van der Waals surface area contributed by atoms with Gasteiger partial charge in [-0.1, -0.05) is 66.7 Å². The van der Waals surface area contributed by atoms with E-state index >= 15 is 0 Å². The molecule has 4 aromatic carbocycles. The molecule has 0 unspecified atom stereocenters. The van der Waals surface area contributed by atoms with E-state index in [-0.39, 0.29) is 10.6 Å². The lowest BCUT2D eigenvalue weighted by Gasteiger charge is -2.14. The van der Waals surface area contributed by atoms with Crippen LogP contribution < -0.4 is 5.48 Å². The van der Waals surface area contributed by atoms with Crippen LogP contribution in [0.25, 0.3) is 33.0 Å². The van der Waals surface area contributed by atoms with Gasteiger partial charge in [0.1, 0.15) is 0 Å². The number of fused-ring (bicyclic) bond motifs is 1. The summed E-state index contributed by atoms with van der Waals surface area (Å²) in [5, 5.41) is 20.9.